The highest BCUT2D eigenvalue weighted by atomic mass is 16.5. The maximum atomic E-state index is 10.8. The minimum atomic E-state index is -0.212. The fraction of sp³-hybridized carbons (Fsp3) is 0.482. The van der Waals surface area contributed by atoms with Gasteiger partial charge in [0.1, 0.15) is 41.5 Å². The summed E-state index contributed by atoms with van der Waals surface area (Å²) in [6.45, 7) is 59.3. The molecule has 2 N–H and O–H groups in total. The third-order valence-electron chi connectivity index (χ3n) is 14.6. The van der Waals surface area contributed by atoms with Gasteiger partial charge in [0.2, 0.25) is 0 Å². The predicted molar refractivity (Wildman–Crippen MR) is 411 cm³/mol. The van der Waals surface area contributed by atoms with E-state index in [1.54, 1.807) is 24.9 Å². The van der Waals surface area contributed by atoms with Crippen LogP contribution in [-0.2, 0) is 36.6 Å². The summed E-state index contributed by atoms with van der Waals surface area (Å²) in [4.78, 5) is 41.6. The van der Waals surface area contributed by atoms with Crippen LogP contribution in [0.15, 0.2) is 112 Å². The van der Waals surface area contributed by atoms with E-state index in [9.17, 15) is 4.79 Å². The quantitative estimate of drug-likeness (QED) is 0.112. The van der Waals surface area contributed by atoms with E-state index in [0.29, 0.717) is 23.3 Å². The Morgan fingerprint density at radius 3 is 1.33 bits per heavy atom. The Morgan fingerprint density at radius 2 is 1.06 bits per heavy atom. The molecule has 5 aromatic heterocycles. The van der Waals surface area contributed by atoms with Crippen LogP contribution >= 0.6 is 0 Å². The number of imidazole rings is 1. The lowest BCUT2D eigenvalue weighted by molar-refractivity contribution is -0.149. The van der Waals surface area contributed by atoms with Gasteiger partial charge in [0, 0.05) is 57.3 Å². The zero-order chi connectivity index (χ0) is 76.3. The molecule has 1 unspecified atom stereocenters. The Morgan fingerprint density at radius 1 is 0.515 bits per heavy atom. The number of cyclic esters (lactones) is 1. The molecule has 526 valence electrons. The van der Waals surface area contributed by atoms with Crippen LogP contribution in [-0.4, -0.2) is 78.9 Å². The Balaban J connectivity index is 0.000000557. The van der Waals surface area contributed by atoms with Gasteiger partial charge in [0.25, 0.3) is 11.8 Å². The van der Waals surface area contributed by atoms with Crippen molar-refractivity contribution in [1.82, 2.24) is 30.1 Å². The van der Waals surface area contributed by atoms with Gasteiger partial charge >= 0.3 is 5.97 Å². The molecule has 4 aliphatic rings. The number of aliphatic imine (C=N–C) groups is 3. The van der Waals surface area contributed by atoms with Crippen LogP contribution in [0.2, 0.25) is 0 Å². The zero-order valence-corrected chi connectivity index (χ0v) is 64.5. The van der Waals surface area contributed by atoms with E-state index in [4.69, 9.17) is 69.5 Å². The number of ether oxygens (including phenoxy) is 1. The molecule has 5 aromatic rings. The minimum Gasteiger partial charge on any atom is -0.458 e. The fourth-order valence-electron chi connectivity index (χ4n) is 8.34. The summed E-state index contributed by atoms with van der Waals surface area (Å²) < 4.78 is 20.1. The molecular formula is C85H111N9O5. The minimum absolute atomic E-state index is 0.0118. The van der Waals surface area contributed by atoms with Crippen molar-refractivity contribution in [3.63, 3.8) is 0 Å². The average molecular weight is 1340 g/mol. The van der Waals surface area contributed by atoms with Gasteiger partial charge in [-0.25, -0.2) is 19.7 Å². The lowest BCUT2D eigenvalue weighted by atomic mass is 9.84. The lowest BCUT2D eigenvalue weighted by Crippen LogP contribution is -2.32. The number of carbonyl (C=O) groups is 1. The number of terminal acetylenes is 8. The Labute approximate surface area is 596 Å². The predicted octanol–water partition coefficient (Wildman–Crippen LogP) is 17.9. The van der Waals surface area contributed by atoms with Gasteiger partial charge in [-0.05, 0) is 85.7 Å². The monoisotopic (exact) mass is 1340 g/mol. The van der Waals surface area contributed by atoms with Crippen molar-refractivity contribution < 1.29 is 22.9 Å². The number of oxazole rings is 2. The summed E-state index contributed by atoms with van der Waals surface area (Å²) in [5.41, 5.74) is 12.6. The summed E-state index contributed by atoms with van der Waals surface area (Å²) in [6.07, 6.45) is 58.8. The first-order valence-corrected chi connectivity index (χ1v) is 32.8. The van der Waals surface area contributed by atoms with Crippen molar-refractivity contribution >= 4 is 23.1 Å². The van der Waals surface area contributed by atoms with E-state index < -0.39 is 0 Å². The van der Waals surface area contributed by atoms with Crippen LogP contribution in [0.5, 0.6) is 0 Å². The van der Waals surface area contributed by atoms with E-state index in [0.717, 1.165) is 71.6 Å². The molecule has 14 heteroatoms. The second-order valence-corrected chi connectivity index (χ2v) is 32.6. The molecule has 0 spiro atoms. The Hall–Kier alpha value is -9.96. The molecule has 0 bridgehead atoms. The van der Waals surface area contributed by atoms with E-state index in [-0.39, 0.29) is 60.8 Å². The van der Waals surface area contributed by atoms with Gasteiger partial charge in [0.15, 0.2) is 11.5 Å². The number of allylic oxidation sites excluding steroid dienone is 3. The highest BCUT2D eigenvalue weighted by molar-refractivity contribution is 6.15. The molecule has 0 radical (unpaired) electrons. The van der Waals surface area contributed by atoms with Crippen LogP contribution in [0.3, 0.4) is 0 Å². The Bertz CT molecular complexity index is 3750. The van der Waals surface area contributed by atoms with Crippen LogP contribution in [0, 0.1) is 120 Å². The van der Waals surface area contributed by atoms with Gasteiger partial charge < -0.3 is 28.1 Å². The summed E-state index contributed by atoms with van der Waals surface area (Å²) >= 11 is 0. The van der Waals surface area contributed by atoms with E-state index in [1.807, 2.05) is 45.1 Å². The number of carbonyl (C=O) groups excluding carboxylic acids is 1. The zero-order valence-electron chi connectivity index (χ0n) is 64.5. The number of esters is 1. The third-order valence-corrected chi connectivity index (χ3v) is 14.6. The molecule has 0 saturated heterocycles. The molecule has 14 nitrogen and oxygen atoms in total. The first-order chi connectivity index (χ1) is 45.3. The van der Waals surface area contributed by atoms with Gasteiger partial charge in [-0.3, -0.25) is 15.0 Å². The molecular weight excluding hydrogens is 1230 g/mol. The van der Waals surface area contributed by atoms with Gasteiger partial charge in [-0.15, -0.1) is 51.4 Å². The van der Waals surface area contributed by atoms with Crippen molar-refractivity contribution in [1.29, 1.82) is 0 Å². The molecule has 9 rings (SSSR count). The summed E-state index contributed by atoms with van der Waals surface area (Å²) in [5, 5.41) is 3.69. The number of aromatic amines is 2. The average Bonchev–Trinajstić information content (AvgIpc) is 1.86. The molecule has 0 aliphatic carbocycles. The number of hydrogen-bond acceptors (Lipinski definition) is 12. The molecule has 4 aliphatic heterocycles. The number of nitrogens with zero attached hydrogens (tertiary/aromatic N) is 7. The van der Waals surface area contributed by atoms with E-state index in [2.05, 4.69) is 271 Å². The first kappa shape index (κ1) is 87.1. The van der Waals surface area contributed by atoms with Crippen molar-refractivity contribution in [2.45, 2.75) is 227 Å². The SMILES string of the molecule is C#CC1=NCC(C(C)(C)C)=C1.C#CC1=NCC=C1C(C)(C)C.C#CC1=NCC=C1C(C)(C)C.C#Cc1ccc(C(C)(C)C)[nH]1.C#Cc1nc(C(C)(C)C)co1.C#Cc1ncc(C(C)(C)C)[nH]1.C#Cc1ncc(C(C)(C)C)o1.C#Cc1nocc1C(C)(C)C.CC(C)(C)C1CC=CC(=O)O1. The largest absolute Gasteiger partial charge is 0.458 e. The number of H-pyrrole nitrogens is 2. The second kappa shape index (κ2) is 37.1. The number of hydrogen-bond donors (Lipinski definition) is 2. The summed E-state index contributed by atoms with van der Waals surface area (Å²) in [5.74, 6) is 21.9. The lowest BCUT2D eigenvalue weighted by Gasteiger charge is -2.30. The molecule has 0 saturated carbocycles. The van der Waals surface area contributed by atoms with Gasteiger partial charge in [-0.2, -0.15) is 0 Å². The molecule has 9 heterocycles. The van der Waals surface area contributed by atoms with Crippen molar-refractivity contribution in [2.75, 3.05) is 19.6 Å². The third kappa shape index (κ3) is 31.0. The number of nitrogens with one attached hydrogen (secondary N) is 2. The summed E-state index contributed by atoms with van der Waals surface area (Å²) in [6, 6.07) is 3.97. The van der Waals surface area contributed by atoms with Crippen LogP contribution in [0.4, 0.5) is 0 Å². The molecule has 99 heavy (non-hydrogen) atoms. The van der Waals surface area contributed by atoms with Crippen molar-refractivity contribution in [2.24, 2.45) is 36.6 Å². The highest BCUT2D eigenvalue weighted by Crippen LogP contribution is 2.32. The van der Waals surface area contributed by atoms with Crippen molar-refractivity contribution in [3.05, 3.63) is 142 Å². The fourth-order valence-corrected chi connectivity index (χ4v) is 8.34. The van der Waals surface area contributed by atoms with E-state index >= 15 is 0 Å². The van der Waals surface area contributed by atoms with Crippen LogP contribution in [0.25, 0.3) is 0 Å². The summed E-state index contributed by atoms with van der Waals surface area (Å²) in [7, 11) is 0. The Kier molecular flexibility index (Phi) is 32.6. The normalized spacial score (nSPS) is 14.7. The second-order valence-electron chi connectivity index (χ2n) is 32.6. The van der Waals surface area contributed by atoms with Crippen LogP contribution in [0.1, 0.15) is 251 Å². The van der Waals surface area contributed by atoms with Crippen molar-refractivity contribution in [3.8, 4) is 98.8 Å². The number of aromatic nitrogens is 6. The van der Waals surface area contributed by atoms with E-state index in [1.165, 1.54) is 28.5 Å². The first-order valence-electron chi connectivity index (χ1n) is 32.8. The van der Waals surface area contributed by atoms with Gasteiger partial charge in [0.05, 0.1) is 37.2 Å². The molecule has 0 aromatic carbocycles. The number of rotatable bonds is 0. The topological polar surface area (TPSA) is 186 Å². The van der Waals surface area contributed by atoms with Gasteiger partial charge in [-0.1, -0.05) is 234 Å². The standard InChI is InChI=1S/4C10H13N.C9H12N2.3C9H11NO.C9H14O2/c1-5-9-6-8(7-11-9)10(2,3)4;2*1-5-9-8(6-7-11-9)10(2,3)4;1-5-8-6-7-9(11-8)10(2,3)4;1-5-8-10-6-7(11-8)9(2,3)4;1-5-8-10-7(6-11-8)9(2,3)4;1-5-8-10-6-7(11-8)9(2,3)4;1-5-8-7(6-11-10-8)9(2,3)4;1-9(2,3)7-5-4-6-8(10)11-7/h3*1,6H,7H2,2-4H3;1,6-7,11H,2-4H3;1,6H,2-4H3,(H,10,11);3*1,6H,2-4H3;4,6-7H,5H2,1-3H3. The maximum absolute atomic E-state index is 10.8. The smallest absolute Gasteiger partial charge is 0.330 e. The molecule has 0 amide bonds. The molecule has 1 atom stereocenters. The maximum Gasteiger partial charge on any atom is 0.330 e. The highest BCUT2D eigenvalue weighted by Gasteiger charge is 2.29. The van der Waals surface area contributed by atoms with Crippen LogP contribution < -0.4 is 0 Å². The molecule has 0 fully saturated rings.